The van der Waals surface area contributed by atoms with E-state index in [2.05, 4.69) is 0 Å². The Morgan fingerprint density at radius 1 is 0.806 bits per heavy atom. The summed E-state index contributed by atoms with van der Waals surface area (Å²) in [6.45, 7) is 3.85. The van der Waals surface area contributed by atoms with E-state index < -0.39 is 39.8 Å². The fourth-order valence-electron chi connectivity index (χ4n) is 3.76. The molecule has 0 amide bonds. The second-order valence-electron chi connectivity index (χ2n) is 7.29. The SMILES string of the molecule is CCc1ccc2oc(=O)c(C(C=O)c3c(O)c4cc(CC)ccc4oc3=O)c(O)c2c1. The highest BCUT2D eigenvalue weighted by Crippen LogP contribution is 2.38. The lowest BCUT2D eigenvalue weighted by Gasteiger charge is -2.14. The van der Waals surface area contributed by atoms with Gasteiger partial charge in [0.2, 0.25) is 0 Å². The molecule has 2 aromatic heterocycles. The number of rotatable bonds is 5. The maximum Gasteiger partial charge on any atom is 0.344 e. The molecule has 0 fully saturated rings. The first-order valence-electron chi connectivity index (χ1n) is 9.92. The van der Waals surface area contributed by atoms with Gasteiger partial charge in [0.15, 0.2) is 0 Å². The summed E-state index contributed by atoms with van der Waals surface area (Å²) in [5, 5.41) is 22.2. The van der Waals surface area contributed by atoms with Gasteiger partial charge in [-0.05, 0) is 48.2 Å². The predicted octanol–water partition coefficient (Wildman–Crippen LogP) is 3.77. The maximum atomic E-state index is 12.7. The minimum atomic E-state index is -1.57. The van der Waals surface area contributed by atoms with Gasteiger partial charge in [-0.1, -0.05) is 26.0 Å². The smallest absolute Gasteiger partial charge is 0.344 e. The van der Waals surface area contributed by atoms with Crippen LogP contribution >= 0.6 is 0 Å². The van der Waals surface area contributed by atoms with Crippen LogP contribution in [0.1, 0.15) is 42.0 Å². The molecule has 158 valence electrons. The predicted molar refractivity (Wildman–Crippen MR) is 115 cm³/mol. The Morgan fingerprint density at radius 3 is 1.58 bits per heavy atom. The third-order valence-electron chi connectivity index (χ3n) is 5.53. The van der Waals surface area contributed by atoms with Gasteiger partial charge in [-0.25, -0.2) is 9.59 Å². The fraction of sp³-hybridized carbons (Fsp3) is 0.208. The maximum absolute atomic E-state index is 12.7. The van der Waals surface area contributed by atoms with Crippen LogP contribution in [0, 0.1) is 0 Å². The molecule has 0 spiro atoms. The number of aromatic hydroxyl groups is 2. The summed E-state index contributed by atoms with van der Waals surface area (Å²) in [7, 11) is 0. The molecule has 4 aromatic rings. The van der Waals surface area contributed by atoms with Crippen LogP contribution in [0.2, 0.25) is 0 Å². The molecular weight excluding hydrogens is 400 g/mol. The molecule has 31 heavy (non-hydrogen) atoms. The average molecular weight is 420 g/mol. The molecule has 2 aromatic carbocycles. The van der Waals surface area contributed by atoms with Crippen molar-refractivity contribution in [2.45, 2.75) is 32.6 Å². The van der Waals surface area contributed by atoms with E-state index in [0.29, 0.717) is 19.1 Å². The zero-order chi connectivity index (χ0) is 22.3. The summed E-state index contributed by atoms with van der Waals surface area (Å²) in [4.78, 5) is 37.4. The van der Waals surface area contributed by atoms with Crippen molar-refractivity contribution in [2.75, 3.05) is 0 Å². The van der Waals surface area contributed by atoms with Crippen LogP contribution in [0.25, 0.3) is 21.9 Å². The molecule has 4 rings (SSSR count). The van der Waals surface area contributed by atoms with E-state index in [1.807, 2.05) is 13.8 Å². The molecule has 0 bridgehead atoms. The number of carbonyl (C=O) groups excluding carboxylic acids is 1. The Morgan fingerprint density at radius 2 is 1.23 bits per heavy atom. The normalized spacial score (nSPS) is 11.5. The summed E-state index contributed by atoms with van der Waals surface area (Å²) >= 11 is 0. The van der Waals surface area contributed by atoms with E-state index >= 15 is 0 Å². The monoisotopic (exact) mass is 420 g/mol. The van der Waals surface area contributed by atoms with Crippen LogP contribution in [0.15, 0.2) is 54.8 Å². The van der Waals surface area contributed by atoms with Crippen molar-refractivity contribution in [3.63, 3.8) is 0 Å². The lowest BCUT2D eigenvalue weighted by atomic mass is 9.91. The molecule has 0 radical (unpaired) electrons. The van der Waals surface area contributed by atoms with Crippen molar-refractivity contribution in [2.24, 2.45) is 0 Å². The number of aryl methyl sites for hydroxylation is 2. The summed E-state index contributed by atoms with van der Waals surface area (Å²) in [6.07, 6.45) is 1.66. The Balaban J connectivity index is 2.03. The Bertz CT molecular complexity index is 1340. The Hall–Kier alpha value is -3.87. The second-order valence-corrected chi connectivity index (χ2v) is 7.29. The van der Waals surface area contributed by atoms with Crippen molar-refractivity contribution < 1.29 is 23.8 Å². The lowest BCUT2D eigenvalue weighted by Crippen LogP contribution is -2.21. The molecule has 7 nitrogen and oxygen atoms in total. The quantitative estimate of drug-likeness (QED) is 0.373. The van der Waals surface area contributed by atoms with Crippen molar-refractivity contribution in [1.82, 2.24) is 0 Å². The van der Waals surface area contributed by atoms with E-state index in [0.717, 1.165) is 11.1 Å². The van der Waals surface area contributed by atoms with Gasteiger partial charge in [0.25, 0.3) is 0 Å². The molecule has 0 saturated heterocycles. The summed E-state index contributed by atoms with van der Waals surface area (Å²) in [5.74, 6) is -2.52. The van der Waals surface area contributed by atoms with E-state index in [4.69, 9.17) is 8.83 Å². The molecule has 0 unspecified atom stereocenters. The molecule has 0 aliphatic heterocycles. The summed E-state index contributed by atoms with van der Waals surface area (Å²) < 4.78 is 10.6. The van der Waals surface area contributed by atoms with Crippen molar-refractivity contribution >= 4 is 28.2 Å². The molecule has 0 atom stereocenters. The molecule has 2 N–H and O–H groups in total. The van der Waals surface area contributed by atoms with Gasteiger partial charge >= 0.3 is 11.3 Å². The van der Waals surface area contributed by atoms with E-state index in [-0.39, 0.29) is 21.9 Å². The highest BCUT2D eigenvalue weighted by Gasteiger charge is 2.31. The van der Waals surface area contributed by atoms with Gasteiger partial charge in [0.05, 0.1) is 27.8 Å². The summed E-state index contributed by atoms with van der Waals surface area (Å²) in [6, 6.07) is 9.93. The van der Waals surface area contributed by atoms with Crippen LogP contribution in [0.3, 0.4) is 0 Å². The highest BCUT2D eigenvalue weighted by molar-refractivity contribution is 5.89. The third-order valence-corrected chi connectivity index (χ3v) is 5.53. The second kappa shape index (κ2) is 7.75. The van der Waals surface area contributed by atoms with Crippen LogP contribution in [-0.2, 0) is 17.6 Å². The Kier molecular flexibility index (Phi) is 5.10. The third kappa shape index (κ3) is 3.28. The fourth-order valence-corrected chi connectivity index (χ4v) is 3.76. The van der Waals surface area contributed by atoms with Crippen molar-refractivity contribution in [3.05, 3.63) is 79.5 Å². The number of carbonyl (C=O) groups is 1. The van der Waals surface area contributed by atoms with E-state index in [1.165, 1.54) is 0 Å². The van der Waals surface area contributed by atoms with Crippen LogP contribution in [0.4, 0.5) is 0 Å². The van der Waals surface area contributed by atoms with E-state index in [1.54, 1.807) is 36.4 Å². The molecule has 0 aliphatic carbocycles. The number of hydrogen-bond donors (Lipinski definition) is 2. The van der Waals surface area contributed by atoms with Crippen LogP contribution in [0.5, 0.6) is 11.5 Å². The minimum Gasteiger partial charge on any atom is -0.507 e. The molecule has 0 aliphatic rings. The van der Waals surface area contributed by atoms with Gasteiger partial charge in [-0.15, -0.1) is 0 Å². The van der Waals surface area contributed by atoms with Gasteiger partial charge in [0, 0.05) is 0 Å². The Labute approximate surface area is 176 Å². The number of hydrogen-bond acceptors (Lipinski definition) is 7. The lowest BCUT2D eigenvalue weighted by molar-refractivity contribution is -0.108. The molecule has 2 heterocycles. The van der Waals surface area contributed by atoms with Gasteiger partial charge in [0.1, 0.15) is 29.0 Å². The zero-order valence-electron chi connectivity index (χ0n) is 17.0. The highest BCUT2D eigenvalue weighted by atomic mass is 16.4. The average Bonchev–Trinajstić information content (AvgIpc) is 2.77. The minimum absolute atomic E-state index is 0.149. The first-order chi connectivity index (χ1) is 14.9. The molecule has 0 saturated carbocycles. The first-order valence-corrected chi connectivity index (χ1v) is 9.92. The first kappa shape index (κ1) is 20.4. The summed E-state index contributed by atoms with van der Waals surface area (Å²) in [5.41, 5.74) is -0.754. The van der Waals surface area contributed by atoms with Gasteiger partial charge in [-0.2, -0.15) is 0 Å². The van der Waals surface area contributed by atoms with Gasteiger partial charge < -0.3 is 23.8 Å². The van der Waals surface area contributed by atoms with Crippen molar-refractivity contribution in [1.29, 1.82) is 0 Å². The van der Waals surface area contributed by atoms with Crippen LogP contribution in [-0.4, -0.2) is 16.5 Å². The number of benzene rings is 2. The van der Waals surface area contributed by atoms with Crippen molar-refractivity contribution in [3.8, 4) is 11.5 Å². The number of aldehydes is 1. The number of fused-ring (bicyclic) bond motifs is 2. The zero-order valence-corrected chi connectivity index (χ0v) is 17.0. The largest absolute Gasteiger partial charge is 0.507 e. The molecular formula is C24H20O7. The topological polar surface area (TPSA) is 118 Å². The van der Waals surface area contributed by atoms with Crippen LogP contribution < -0.4 is 11.3 Å². The van der Waals surface area contributed by atoms with E-state index in [9.17, 15) is 24.6 Å². The van der Waals surface area contributed by atoms with Gasteiger partial charge in [-0.3, -0.25) is 0 Å². The standard InChI is InChI=1S/C24H20O7/c1-3-12-5-7-17-14(9-12)21(26)19(23(28)30-17)16(11-25)20-22(27)15-10-13(4-2)6-8-18(15)31-24(20)29/h5-11,16,26-27H,3-4H2,1-2H3. The molecule has 7 heteroatoms.